The van der Waals surface area contributed by atoms with E-state index >= 15 is 0 Å². The molecule has 2 saturated carbocycles. The van der Waals surface area contributed by atoms with E-state index in [1.54, 1.807) is 0 Å². The maximum atomic E-state index is 13.3. The number of carbonyl (C=O) groups is 1. The van der Waals surface area contributed by atoms with Gasteiger partial charge in [-0.05, 0) is 61.8 Å². The summed E-state index contributed by atoms with van der Waals surface area (Å²) < 4.78 is 19.4. The van der Waals surface area contributed by atoms with Crippen LogP contribution in [0.5, 0.6) is 11.5 Å². The van der Waals surface area contributed by atoms with Gasteiger partial charge in [0.25, 0.3) is 0 Å². The van der Waals surface area contributed by atoms with Gasteiger partial charge in [0.05, 0.1) is 11.0 Å². The van der Waals surface area contributed by atoms with Gasteiger partial charge in [-0.1, -0.05) is 36.4 Å². The highest BCUT2D eigenvalue weighted by atomic mass is 16.5. The van der Waals surface area contributed by atoms with E-state index in [0.717, 1.165) is 55.3 Å². The van der Waals surface area contributed by atoms with E-state index < -0.39 is 11.5 Å². The third-order valence-electron chi connectivity index (χ3n) is 9.10. The Kier molecular flexibility index (Phi) is 4.29. The summed E-state index contributed by atoms with van der Waals surface area (Å²) in [5.74, 6) is 2.59. The van der Waals surface area contributed by atoms with Crippen LogP contribution in [0.4, 0.5) is 0 Å². The summed E-state index contributed by atoms with van der Waals surface area (Å²) in [6, 6.07) is 14.8. The number of hydrogen-bond donors (Lipinski definition) is 0. The SMILES string of the molecule is CO[C@@]12CCC(=O)C3Oc4c(OCc5ccccc5)ccc5c4[C@@]31CCN(CC1CC1)[C@@H]2C5. The van der Waals surface area contributed by atoms with E-state index in [2.05, 4.69) is 29.2 Å². The van der Waals surface area contributed by atoms with E-state index in [4.69, 9.17) is 14.2 Å². The summed E-state index contributed by atoms with van der Waals surface area (Å²) in [6.07, 6.45) is 5.39. The number of ketones is 1. The molecule has 0 radical (unpaired) electrons. The highest BCUT2D eigenvalue weighted by Crippen LogP contribution is 2.66. The van der Waals surface area contributed by atoms with Crippen LogP contribution in [0.15, 0.2) is 42.5 Å². The molecule has 172 valence electrons. The monoisotopic (exact) mass is 445 g/mol. The highest BCUT2D eigenvalue weighted by molar-refractivity contribution is 5.90. The molecule has 33 heavy (non-hydrogen) atoms. The third-order valence-corrected chi connectivity index (χ3v) is 9.10. The lowest BCUT2D eigenvalue weighted by atomic mass is 9.49. The highest BCUT2D eigenvalue weighted by Gasteiger charge is 2.74. The summed E-state index contributed by atoms with van der Waals surface area (Å²) >= 11 is 0. The van der Waals surface area contributed by atoms with Crippen molar-refractivity contribution in [2.24, 2.45) is 5.92 Å². The van der Waals surface area contributed by atoms with Crippen molar-refractivity contribution in [2.75, 3.05) is 20.2 Å². The van der Waals surface area contributed by atoms with Crippen LogP contribution >= 0.6 is 0 Å². The second-order valence-corrected chi connectivity index (χ2v) is 10.6. The molecule has 0 amide bonds. The average molecular weight is 446 g/mol. The quantitative estimate of drug-likeness (QED) is 0.671. The van der Waals surface area contributed by atoms with Crippen molar-refractivity contribution >= 4 is 5.78 Å². The van der Waals surface area contributed by atoms with Gasteiger partial charge in [-0.2, -0.15) is 0 Å². The molecule has 5 heteroatoms. The molecule has 2 aromatic rings. The molecule has 5 aliphatic rings. The Morgan fingerprint density at radius 3 is 2.76 bits per heavy atom. The van der Waals surface area contributed by atoms with Gasteiger partial charge in [0.2, 0.25) is 0 Å². The van der Waals surface area contributed by atoms with Crippen molar-refractivity contribution in [1.29, 1.82) is 0 Å². The van der Waals surface area contributed by atoms with Crippen molar-refractivity contribution in [3.05, 3.63) is 59.2 Å². The number of ether oxygens (including phenoxy) is 3. The van der Waals surface area contributed by atoms with Crippen LogP contribution in [0.25, 0.3) is 0 Å². The molecule has 7 rings (SSSR count). The van der Waals surface area contributed by atoms with E-state index in [0.29, 0.717) is 19.1 Å². The molecule has 4 atom stereocenters. The molecule has 2 aliphatic heterocycles. The van der Waals surface area contributed by atoms with Crippen LogP contribution in [0, 0.1) is 5.92 Å². The fourth-order valence-electron chi connectivity index (χ4n) is 7.49. The maximum Gasteiger partial charge on any atom is 0.174 e. The maximum absolute atomic E-state index is 13.3. The van der Waals surface area contributed by atoms with E-state index in [1.807, 2.05) is 25.3 Å². The van der Waals surface area contributed by atoms with Crippen molar-refractivity contribution in [1.82, 2.24) is 4.90 Å². The van der Waals surface area contributed by atoms with Crippen molar-refractivity contribution in [3.63, 3.8) is 0 Å². The van der Waals surface area contributed by atoms with E-state index in [1.165, 1.54) is 24.0 Å². The van der Waals surface area contributed by atoms with Gasteiger partial charge in [0, 0.05) is 31.7 Å². The zero-order valence-electron chi connectivity index (χ0n) is 19.2. The summed E-state index contributed by atoms with van der Waals surface area (Å²) in [7, 11) is 1.86. The van der Waals surface area contributed by atoms with Crippen LogP contribution in [0.3, 0.4) is 0 Å². The molecule has 1 spiro atoms. The first-order valence-electron chi connectivity index (χ1n) is 12.5. The van der Waals surface area contributed by atoms with Crippen LogP contribution in [0.1, 0.15) is 48.8 Å². The van der Waals surface area contributed by atoms with Crippen LogP contribution in [0.2, 0.25) is 0 Å². The summed E-state index contributed by atoms with van der Waals surface area (Å²) in [6.45, 7) is 2.65. The number of Topliss-reactive ketones (excluding diaryl/α,β-unsaturated/α-hetero) is 1. The number of hydrogen-bond acceptors (Lipinski definition) is 5. The molecule has 2 aromatic carbocycles. The van der Waals surface area contributed by atoms with E-state index in [-0.39, 0.29) is 11.4 Å². The van der Waals surface area contributed by atoms with Crippen molar-refractivity contribution in [2.45, 2.75) is 68.3 Å². The lowest BCUT2D eigenvalue weighted by molar-refractivity contribution is -0.202. The number of likely N-dealkylation sites (tertiary alicyclic amines) is 1. The molecular formula is C28H31NO4. The Bertz CT molecular complexity index is 1110. The smallest absolute Gasteiger partial charge is 0.174 e. The van der Waals surface area contributed by atoms with Crippen molar-refractivity contribution < 1.29 is 19.0 Å². The Balaban J connectivity index is 1.34. The Morgan fingerprint density at radius 2 is 1.97 bits per heavy atom. The van der Waals surface area contributed by atoms with Gasteiger partial charge in [0.15, 0.2) is 23.4 Å². The number of benzene rings is 2. The summed E-state index contributed by atoms with van der Waals surface area (Å²) in [4.78, 5) is 16.0. The first-order valence-corrected chi connectivity index (χ1v) is 12.5. The first kappa shape index (κ1) is 20.0. The first-order chi connectivity index (χ1) is 16.2. The summed E-state index contributed by atoms with van der Waals surface area (Å²) in [5.41, 5.74) is 2.85. The fourth-order valence-corrected chi connectivity index (χ4v) is 7.49. The van der Waals surface area contributed by atoms with Crippen molar-refractivity contribution in [3.8, 4) is 11.5 Å². The second kappa shape index (κ2) is 7.07. The number of nitrogens with zero attached hydrogens (tertiary/aromatic N) is 1. The minimum absolute atomic E-state index is 0.218. The predicted octanol–water partition coefficient (Wildman–Crippen LogP) is 4.05. The molecular weight excluding hydrogens is 414 g/mol. The molecule has 2 bridgehead atoms. The molecule has 1 unspecified atom stereocenters. The normalized spacial score (nSPS) is 34.0. The number of carbonyl (C=O) groups excluding carboxylic acids is 1. The van der Waals surface area contributed by atoms with Crippen LogP contribution in [-0.4, -0.2) is 48.6 Å². The fraction of sp³-hybridized carbons (Fsp3) is 0.536. The van der Waals surface area contributed by atoms with Gasteiger partial charge in [-0.25, -0.2) is 0 Å². The van der Waals surface area contributed by atoms with Gasteiger partial charge in [0.1, 0.15) is 6.61 Å². The number of piperidine rings is 1. The zero-order chi connectivity index (χ0) is 22.2. The topological polar surface area (TPSA) is 48.0 Å². The average Bonchev–Trinajstić information content (AvgIpc) is 3.59. The molecule has 3 aliphatic carbocycles. The second-order valence-electron chi connectivity index (χ2n) is 10.6. The molecule has 2 heterocycles. The van der Waals surface area contributed by atoms with Gasteiger partial charge in [-0.3, -0.25) is 9.69 Å². The van der Waals surface area contributed by atoms with Gasteiger partial charge < -0.3 is 14.2 Å². The molecule has 0 N–H and O–H groups in total. The lowest BCUT2D eigenvalue weighted by Gasteiger charge is -2.64. The van der Waals surface area contributed by atoms with Gasteiger partial charge >= 0.3 is 0 Å². The third kappa shape index (κ3) is 2.64. The minimum Gasteiger partial charge on any atom is -0.485 e. The largest absolute Gasteiger partial charge is 0.485 e. The lowest BCUT2D eigenvalue weighted by Crippen LogP contribution is -2.77. The molecule has 0 aromatic heterocycles. The van der Waals surface area contributed by atoms with Crippen LogP contribution in [-0.2, 0) is 28.0 Å². The minimum atomic E-state index is -0.465. The molecule has 5 nitrogen and oxygen atoms in total. The summed E-state index contributed by atoms with van der Waals surface area (Å²) in [5, 5.41) is 0. The molecule has 1 saturated heterocycles. The standard InChI is InChI=1S/C28H31NO4/c1-31-28-12-11-21(30)26-27(28)13-14-29(16-18-7-8-18)23(28)15-20-9-10-22(25(33-26)24(20)27)32-17-19-5-3-2-4-6-19/h2-6,9-10,18,23,26H,7-8,11-17H2,1H3/t23-,26?,27+,28-/m1/s1. The Morgan fingerprint density at radius 1 is 1.12 bits per heavy atom. The van der Waals surface area contributed by atoms with Crippen LogP contribution < -0.4 is 9.47 Å². The van der Waals surface area contributed by atoms with Gasteiger partial charge in [-0.15, -0.1) is 0 Å². The van der Waals surface area contributed by atoms with E-state index in [9.17, 15) is 4.79 Å². The Labute approximate surface area is 195 Å². The number of methoxy groups -OCH3 is 1. The molecule has 3 fully saturated rings. The number of rotatable bonds is 6. The Hall–Kier alpha value is -2.37. The zero-order valence-corrected chi connectivity index (χ0v) is 19.2. The predicted molar refractivity (Wildman–Crippen MR) is 124 cm³/mol.